The summed E-state index contributed by atoms with van der Waals surface area (Å²) < 4.78 is 2.21. The van der Waals surface area contributed by atoms with Crippen molar-refractivity contribution in [3.05, 3.63) is 66.4 Å². The van der Waals surface area contributed by atoms with E-state index < -0.39 is 0 Å². The van der Waals surface area contributed by atoms with Gasteiger partial charge < -0.3 is 4.57 Å². The van der Waals surface area contributed by atoms with Crippen LogP contribution in [0.15, 0.2) is 65.7 Å². The maximum absolute atomic E-state index is 11.0. The zero-order valence-electron chi connectivity index (χ0n) is 11.0. The number of rotatable bonds is 5. The Balaban J connectivity index is 1.74. The number of hydrogen-bond donors (Lipinski definition) is 0. The van der Waals surface area contributed by atoms with Crippen LogP contribution >= 0.6 is 11.8 Å². The van der Waals surface area contributed by atoms with E-state index in [2.05, 4.69) is 41.1 Å². The Labute approximate surface area is 122 Å². The second-order valence-corrected chi connectivity index (χ2v) is 5.74. The normalized spacial score (nSPS) is 10.8. The number of thioether (sulfide) groups is 1. The maximum Gasteiger partial charge on any atom is 0.150 e. The first-order chi connectivity index (χ1) is 9.88. The summed E-state index contributed by atoms with van der Waals surface area (Å²) in [6.07, 6.45) is 2.98. The van der Waals surface area contributed by atoms with Crippen LogP contribution in [0.2, 0.25) is 0 Å². The Kier molecular flexibility index (Phi) is 3.88. The molecule has 100 valence electrons. The van der Waals surface area contributed by atoms with Crippen LogP contribution in [0.1, 0.15) is 10.4 Å². The van der Waals surface area contributed by atoms with Crippen molar-refractivity contribution >= 4 is 29.0 Å². The van der Waals surface area contributed by atoms with Gasteiger partial charge >= 0.3 is 0 Å². The maximum atomic E-state index is 11.0. The molecule has 1 aromatic heterocycles. The van der Waals surface area contributed by atoms with Gasteiger partial charge in [0, 0.05) is 39.9 Å². The first-order valence-corrected chi connectivity index (χ1v) is 7.58. The van der Waals surface area contributed by atoms with Gasteiger partial charge in [-0.25, -0.2) is 0 Å². The van der Waals surface area contributed by atoms with Crippen LogP contribution in [-0.4, -0.2) is 16.6 Å². The molecule has 0 aliphatic rings. The van der Waals surface area contributed by atoms with Crippen molar-refractivity contribution < 1.29 is 4.79 Å². The molecule has 0 amide bonds. The number of fused-ring (bicyclic) bond motifs is 1. The molecule has 0 fully saturated rings. The van der Waals surface area contributed by atoms with Crippen LogP contribution in [0.5, 0.6) is 0 Å². The topological polar surface area (TPSA) is 22.0 Å². The van der Waals surface area contributed by atoms with E-state index in [1.54, 1.807) is 0 Å². The minimum Gasteiger partial charge on any atom is -0.347 e. The Hall–Kier alpha value is -2.00. The molecule has 0 saturated carbocycles. The van der Waals surface area contributed by atoms with Crippen molar-refractivity contribution in [2.45, 2.75) is 11.4 Å². The molecule has 0 saturated heterocycles. The monoisotopic (exact) mass is 281 g/mol. The van der Waals surface area contributed by atoms with Crippen LogP contribution in [0.3, 0.4) is 0 Å². The SMILES string of the molecule is O=Cc1cccc2c1ccn2CCSc1ccccc1. The Morgan fingerprint density at radius 1 is 1.00 bits per heavy atom. The fourth-order valence-corrected chi connectivity index (χ4v) is 3.20. The zero-order chi connectivity index (χ0) is 13.8. The molecule has 2 aromatic carbocycles. The van der Waals surface area contributed by atoms with Crippen LogP contribution in [0.25, 0.3) is 10.9 Å². The van der Waals surface area contributed by atoms with E-state index in [1.165, 1.54) is 4.90 Å². The number of aromatic nitrogens is 1. The first-order valence-electron chi connectivity index (χ1n) is 6.59. The van der Waals surface area contributed by atoms with E-state index in [0.29, 0.717) is 0 Å². The molecule has 2 nitrogen and oxygen atoms in total. The van der Waals surface area contributed by atoms with E-state index >= 15 is 0 Å². The first kappa shape index (κ1) is 13.0. The molecule has 0 radical (unpaired) electrons. The molecule has 3 aromatic rings. The highest BCUT2D eigenvalue weighted by Gasteiger charge is 2.04. The van der Waals surface area contributed by atoms with Crippen LogP contribution in [0.4, 0.5) is 0 Å². The Morgan fingerprint density at radius 2 is 1.85 bits per heavy atom. The summed E-state index contributed by atoms with van der Waals surface area (Å²) >= 11 is 1.85. The van der Waals surface area contributed by atoms with Crippen molar-refractivity contribution in [1.29, 1.82) is 0 Å². The number of aryl methyl sites for hydroxylation is 1. The molecule has 3 rings (SSSR count). The van der Waals surface area contributed by atoms with Gasteiger partial charge in [-0.05, 0) is 24.3 Å². The molecule has 0 atom stereocenters. The molecule has 0 aliphatic heterocycles. The minimum atomic E-state index is 0.761. The highest BCUT2D eigenvalue weighted by molar-refractivity contribution is 7.99. The summed E-state index contributed by atoms with van der Waals surface area (Å²) in [6, 6.07) is 18.3. The highest BCUT2D eigenvalue weighted by Crippen LogP contribution is 2.21. The van der Waals surface area contributed by atoms with E-state index in [-0.39, 0.29) is 0 Å². The quantitative estimate of drug-likeness (QED) is 0.515. The molecule has 3 heteroatoms. The number of benzene rings is 2. The molecule has 0 N–H and O–H groups in total. The average Bonchev–Trinajstić information content (AvgIpc) is 2.92. The molecule has 0 spiro atoms. The number of carbonyl (C=O) groups excluding carboxylic acids is 1. The molecule has 0 unspecified atom stereocenters. The number of nitrogens with zero attached hydrogens (tertiary/aromatic N) is 1. The third-order valence-electron chi connectivity index (χ3n) is 3.32. The van der Waals surface area contributed by atoms with Crippen molar-refractivity contribution in [1.82, 2.24) is 4.57 Å². The molecular formula is C17H15NOS. The lowest BCUT2D eigenvalue weighted by Crippen LogP contribution is -1.98. The summed E-state index contributed by atoms with van der Waals surface area (Å²) in [7, 11) is 0. The van der Waals surface area contributed by atoms with Crippen molar-refractivity contribution in [2.75, 3.05) is 5.75 Å². The van der Waals surface area contributed by atoms with E-state index in [0.717, 1.165) is 35.1 Å². The third-order valence-corrected chi connectivity index (χ3v) is 4.31. The number of hydrogen-bond acceptors (Lipinski definition) is 2. The lowest BCUT2D eigenvalue weighted by atomic mass is 10.1. The van der Waals surface area contributed by atoms with E-state index in [9.17, 15) is 4.79 Å². The van der Waals surface area contributed by atoms with Gasteiger partial charge in [0.2, 0.25) is 0 Å². The van der Waals surface area contributed by atoms with Gasteiger partial charge in [-0.3, -0.25) is 4.79 Å². The molecular weight excluding hydrogens is 266 g/mol. The fraction of sp³-hybridized carbons (Fsp3) is 0.118. The Bertz CT molecular complexity index is 718. The molecule has 1 heterocycles. The smallest absolute Gasteiger partial charge is 0.150 e. The van der Waals surface area contributed by atoms with Crippen molar-refractivity contribution in [3.63, 3.8) is 0 Å². The molecule has 20 heavy (non-hydrogen) atoms. The van der Waals surface area contributed by atoms with Gasteiger partial charge in [-0.15, -0.1) is 11.8 Å². The standard InChI is InChI=1S/C17H15NOS/c19-13-14-5-4-8-17-16(14)9-10-18(17)11-12-20-15-6-2-1-3-7-15/h1-10,13H,11-12H2. The molecule has 0 bridgehead atoms. The fourth-order valence-electron chi connectivity index (χ4n) is 2.32. The summed E-state index contributed by atoms with van der Waals surface area (Å²) in [5, 5.41) is 1.03. The van der Waals surface area contributed by atoms with Crippen molar-refractivity contribution in [2.24, 2.45) is 0 Å². The van der Waals surface area contributed by atoms with Gasteiger partial charge in [0.1, 0.15) is 0 Å². The minimum absolute atomic E-state index is 0.761. The zero-order valence-corrected chi connectivity index (χ0v) is 11.8. The second kappa shape index (κ2) is 5.97. The van der Waals surface area contributed by atoms with E-state index in [4.69, 9.17) is 0 Å². The predicted molar refractivity (Wildman–Crippen MR) is 84.5 cm³/mol. The number of carbonyl (C=O) groups is 1. The lowest BCUT2D eigenvalue weighted by molar-refractivity contribution is 0.112. The second-order valence-electron chi connectivity index (χ2n) is 4.57. The lowest BCUT2D eigenvalue weighted by Gasteiger charge is -2.06. The molecule has 0 aliphatic carbocycles. The van der Waals surface area contributed by atoms with Crippen LogP contribution in [-0.2, 0) is 6.54 Å². The van der Waals surface area contributed by atoms with Gasteiger partial charge in [-0.2, -0.15) is 0 Å². The van der Waals surface area contributed by atoms with Gasteiger partial charge in [0.25, 0.3) is 0 Å². The van der Waals surface area contributed by atoms with Gasteiger partial charge in [0.15, 0.2) is 6.29 Å². The predicted octanol–water partition coefficient (Wildman–Crippen LogP) is 4.25. The summed E-state index contributed by atoms with van der Waals surface area (Å²) in [5.41, 5.74) is 1.89. The van der Waals surface area contributed by atoms with Gasteiger partial charge in [-0.1, -0.05) is 30.3 Å². The summed E-state index contributed by atoms with van der Waals surface area (Å²) in [6.45, 7) is 0.936. The highest BCUT2D eigenvalue weighted by atomic mass is 32.2. The van der Waals surface area contributed by atoms with Gasteiger partial charge in [0.05, 0.1) is 0 Å². The van der Waals surface area contributed by atoms with Crippen LogP contribution < -0.4 is 0 Å². The summed E-state index contributed by atoms with van der Waals surface area (Å²) in [5.74, 6) is 1.01. The third kappa shape index (κ3) is 2.63. The summed E-state index contributed by atoms with van der Waals surface area (Å²) in [4.78, 5) is 12.3. The largest absolute Gasteiger partial charge is 0.347 e. The average molecular weight is 281 g/mol. The van der Waals surface area contributed by atoms with E-state index in [1.807, 2.05) is 36.0 Å². The Morgan fingerprint density at radius 3 is 2.65 bits per heavy atom. The van der Waals surface area contributed by atoms with Crippen LogP contribution in [0, 0.1) is 0 Å². The van der Waals surface area contributed by atoms with Crippen molar-refractivity contribution in [3.8, 4) is 0 Å². The number of aldehydes is 1.